The Balaban J connectivity index is 1.66. The van der Waals surface area contributed by atoms with Crippen molar-refractivity contribution >= 4 is 18.0 Å². The van der Waals surface area contributed by atoms with Gasteiger partial charge in [0.2, 0.25) is 5.91 Å². The first-order valence-electron chi connectivity index (χ1n) is 11.0. The largest absolute Gasteiger partial charge is 0.481 e. The van der Waals surface area contributed by atoms with Gasteiger partial charge in [-0.25, -0.2) is 4.79 Å². The number of benzene rings is 2. The highest BCUT2D eigenvalue weighted by molar-refractivity contribution is 5.86. The molecule has 1 unspecified atom stereocenters. The summed E-state index contributed by atoms with van der Waals surface area (Å²) in [5, 5.41) is 11.6. The number of carbonyl (C=O) groups is 3. The number of hydrogen-bond acceptors (Lipinski definition) is 4. The Bertz CT molecular complexity index is 942. The van der Waals surface area contributed by atoms with Crippen molar-refractivity contribution in [2.75, 3.05) is 19.7 Å². The third-order valence-corrected chi connectivity index (χ3v) is 5.84. The minimum absolute atomic E-state index is 0.0657. The number of hydrogen-bond donors (Lipinski definition) is 2. The highest BCUT2D eigenvalue weighted by atomic mass is 16.5. The molecule has 3 rings (SSSR count). The molecule has 0 spiro atoms. The van der Waals surface area contributed by atoms with Crippen molar-refractivity contribution in [1.82, 2.24) is 10.2 Å². The van der Waals surface area contributed by atoms with E-state index in [0.29, 0.717) is 6.54 Å². The number of rotatable bonds is 9. The summed E-state index contributed by atoms with van der Waals surface area (Å²) >= 11 is 0. The van der Waals surface area contributed by atoms with E-state index in [1.165, 1.54) is 4.90 Å². The highest BCUT2D eigenvalue weighted by Gasteiger charge is 2.31. The van der Waals surface area contributed by atoms with Crippen LogP contribution in [0.1, 0.15) is 44.2 Å². The molecule has 32 heavy (non-hydrogen) atoms. The summed E-state index contributed by atoms with van der Waals surface area (Å²) in [6.45, 7) is 6.07. The average Bonchev–Trinajstić information content (AvgIpc) is 3.09. The molecule has 0 fully saturated rings. The van der Waals surface area contributed by atoms with E-state index in [4.69, 9.17) is 9.84 Å². The van der Waals surface area contributed by atoms with Crippen LogP contribution in [-0.2, 0) is 14.3 Å². The molecule has 2 aromatic rings. The van der Waals surface area contributed by atoms with Gasteiger partial charge in [0.15, 0.2) is 0 Å². The van der Waals surface area contributed by atoms with Gasteiger partial charge in [0.05, 0.1) is 6.42 Å². The topological polar surface area (TPSA) is 95.9 Å². The number of nitrogens with zero attached hydrogens (tertiary/aromatic N) is 1. The lowest BCUT2D eigenvalue weighted by molar-refractivity contribution is -0.139. The van der Waals surface area contributed by atoms with Crippen LogP contribution in [0.15, 0.2) is 48.5 Å². The van der Waals surface area contributed by atoms with Crippen molar-refractivity contribution in [3.05, 3.63) is 59.7 Å². The van der Waals surface area contributed by atoms with Gasteiger partial charge in [0.1, 0.15) is 12.6 Å². The van der Waals surface area contributed by atoms with Crippen molar-refractivity contribution in [2.45, 2.75) is 39.2 Å². The summed E-state index contributed by atoms with van der Waals surface area (Å²) in [7, 11) is 0. The third-order valence-electron chi connectivity index (χ3n) is 5.84. The average molecular weight is 439 g/mol. The molecule has 0 saturated heterocycles. The maximum absolute atomic E-state index is 12.9. The van der Waals surface area contributed by atoms with E-state index in [1.54, 1.807) is 6.92 Å². The zero-order valence-corrected chi connectivity index (χ0v) is 18.7. The van der Waals surface area contributed by atoms with Crippen LogP contribution in [-0.4, -0.2) is 53.7 Å². The van der Waals surface area contributed by atoms with E-state index in [9.17, 15) is 14.4 Å². The first-order chi connectivity index (χ1) is 15.3. The molecule has 0 aromatic heterocycles. The molecule has 2 amide bonds. The Morgan fingerprint density at radius 3 is 2.09 bits per heavy atom. The standard InChI is InChI=1S/C25H30N2O5/c1-4-27(14-13-22(28)29)24(30)23(16(2)3)26-25(31)32-15-21-19-11-7-5-9-17(19)18-10-6-8-12-20(18)21/h5-12,16,21,23H,4,13-15H2,1-3H3,(H,26,31)(H,28,29). The summed E-state index contributed by atoms with van der Waals surface area (Å²) < 4.78 is 5.57. The lowest BCUT2D eigenvalue weighted by atomic mass is 9.98. The molecule has 0 heterocycles. The van der Waals surface area contributed by atoms with Gasteiger partial charge in [-0.3, -0.25) is 9.59 Å². The summed E-state index contributed by atoms with van der Waals surface area (Å²) in [6, 6.07) is 15.4. The number of carboxylic acid groups (broad SMARTS) is 1. The number of likely N-dealkylation sites (N-methyl/N-ethyl adjacent to an activating group) is 1. The number of alkyl carbamates (subject to hydrolysis) is 1. The Labute approximate surface area is 188 Å². The molecule has 0 aliphatic heterocycles. The first-order valence-corrected chi connectivity index (χ1v) is 11.0. The van der Waals surface area contributed by atoms with Crippen LogP contribution in [0, 0.1) is 5.92 Å². The van der Waals surface area contributed by atoms with Crippen LogP contribution >= 0.6 is 0 Å². The molecule has 1 atom stereocenters. The molecule has 2 aromatic carbocycles. The zero-order chi connectivity index (χ0) is 23.3. The van der Waals surface area contributed by atoms with Gasteiger partial charge in [0.25, 0.3) is 0 Å². The summed E-state index contributed by atoms with van der Waals surface area (Å²) in [4.78, 5) is 37.9. The molecular weight excluding hydrogens is 408 g/mol. The molecule has 170 valence electrons. The second kappa shape index (κ2) is 10.3. The maximum Gasteiger partial charge on any atom is 0.407 e. The lowest BCUT2D eigenvalue weighted by Crippen LogP contribution is -2.51. The number of carbonyl (C=O) groups excluding carboxylic acids is 2. The number of aliphatic carboxylic acids is 1. The van der Waals surface area contributed by atoms with Gasteiger partial charge in [-0.1, -0.05) is 62.4 Å². The molecule has 0 bridgehead atoms. The fraction of sp³-hybridized carbons (Fsp3) is 0.400. The molecule has 1 aliphatic rings. The van der Waals surface area contributed by atoms with Gasteiger partial charge >= 0.3 is 12.1 Å². The molecule has 7 heteroatoms. The molecule has 0 radical (unpaired) electrons. The minimum Gasteiger partial charge on any atom is -0.481 e. The number of carboxylic acids is 1. The predicted octanol–water partition coefficient (Wildman–Crippen LogP) is 3.87. The summed E-state index contributed by atoms with van der Waals surface area (Å²) in [5.41, 5.74) is 4.52. The molecule has 2 N–H and O–H groups in total. The normalized spacial score (nSPS) is 13.2. The van der Waals surface area contributed by atoms with Gasteiger partial charge in [0, 0.05) is 19.0 Å². The quantitative estimate of drug-likeness (QED) is 0.620. The maximum atomic E-state index is 12.9. The smallest absolute Gasteiger partial charge is 0.407 e. The van der Waals surface area contributed by atoms with E-state index < -0.39 is 18.1 Å². The SMILES string of the molecule is CCN(CCC(=O)O)C(=O)C(NC(=O)OCC1c2ccccc2-c2ccccc21)C(C)C. The van der Waals surface area contributed by atoms with E-state index in [-0.39, 0.29) is 37.3 Å². The third kappa shape index (κ3) is 5.10. The van der Waals surface area contributed by atoms with Gasteiger partial charge < -0.3 is 20.1 Å². The minimum atomic E-state index is -0.971. The van der Waals surface area contributed by atoms with E-state index in [2.05, 4.69) is 17.4 Å². The molecule has 0 saturated carbocycles. The fourth-order valence-corrected chi connectivity index (χ4v) is 4.13. The van der Waals surface area contributed by atoms with Crippen LogP contribution in [0.4, 0.5) is 4.79 Å². The monoisotopic (exact) mass is 438 g/mol. The number of nitrogens with one attached hydrogen (secondary N) is 1. The van der Waals surface area contributed by atoms with Crippen molar-refractivity contribution in [1.29, 1.82) is 0 Å². The van der Waals surface area contributed by atoms with Gasteiger partial charge in [-0.2, -0.15) is 0 Å². The second-order valence-electron chi connectivity index (χ2n) is 8.25. The van der Waals surface area contributed by atoms with Gasteiger partial charge in [-0.05, 0) is 35.1 Å². The van der Waals surface area contributed by atoms with E-state index >= 15 is 0 Å². The summed E-state index contributed by atoms with van der Waals surface area (Å²) in [6.07, 6.45) is -0.803. The van der Waals surface area contributed by atoms with Gasteiger partial charge in [-0.15, -0.1) is 0 Å². The number of amides is 2. The van der Waals surface area contributed by atoms with Crippen LogP contribution in [0.3, 0.4) is 0 Å². The molecular formula is C25H30N2O5. The first kappa shape index (κ1) is 23.3. The Morgan fingerprint density at radius 1 is 1.03 bits per heavy atom. The Kier molecular flexibility index (Phi) is 7.51. The lowest BCUT2D eigenvalue weighted by Gasteiger charge is -2.28. The van der Waals surface area contributed by atoms with E-state index in [1.807, 2.05) is 50.2 Å². The van der Waals surface area contributed by atoms with Crippen LogP contribution < -0.4 is 5.32 Å². The van der Waals surface area contributed by atoms with Crippen molar-refractivity contribution in [3.8, 4) is 11.1 Å². The van der Waals surface area contributed by atoms with Crippen molar-refractivity contribution in [2.24, 2.45) is 5.92 Å². The summed E-state index contributed by atoms with van der Waals surface area (Å²) in [5.74, 6) is -1.52. The predicted molar refractivity (Wildman–Crippen MR) is 121 cm³/mol. The van der Waals surface area contributed by atoms with E-state index in [0.717, 1.165) is 22.3 Å². The van der Waals surface area contributed by atoms with Crippen molar-refractivity contribution in [3.63, 3.8) is 0 Å². The fourth-order valence-electron chi connectivity index (χ4n) is 4.13. The second-order valence-corrected chi connectivity index (χ2v) is 8.25. The highest BCUT2D eigenvalue weighted by Crippen LogP contribution is 2.44. The number of fused-ring (bicyclic) bond motifs is 3. The number of ether oxygens (including phenoxy) is 1. The Hall–Kier alpha value is -3.35. The molecule has 7 nitrogen and oxygen atoms in total. The van der Waals surface area contributed by atoms with Crippen LogP contribution in [0.5, 0.6) is 0 Å². The van der Waals surface area contributed by atoms with Crippen molar-refractivity contribution < 1.29 is 24.2 Å². The zero-order valence-electron chi connectivity index (χ0n) is 18.7. The molecule has 1 aliphatic carbocycles. The Morgan fingerprint density at radius 2 is 1.59 bits per heavy atom. The van der Waals surface area contributed by atoms with Crippen LogP contribution in [0.2, 0.25) is 0 Å². The van der Waals surface area contributed by atoms with Crippen LogP contribution in [0.25, 0.3) is 11.1 Å².